The molecule has 154 valence electrons. The topological polar surface area (TPSA) is 67.4 Å². The minimum Gasteiger partial charge on any atom is -0.468 e. The highest BCUT2D eigenvalue weighted by molar-refractivity contribution is 9.10. The van der Waals surface area contributed by atoms with Crippen LogP contribution in [0.15, 0.2) is 77.3 Å². The van der Waals surface area contributed by atoms with Crippen molar-refractivity contribution in [1.29, 1.82) is 0 Å². The van der Waals surface area contributed by atoms with Gasteiger partial charge in [-0.3, -0.25) is 14.9 Å². The van der Waals surface area contributed by atoms with Crippen LogP contribution in [0.25, 0.3) is 0 Å². The third kappa shape index (κ3) is 5.48. The average molecular weight is 488 g/mol. The van der Waals surface area contributed by atoms with Gasteiger partial charge in [-0.15, -0.1) is 0 Å². The molecule has 0 aromatic heterocycles. The third-order valence-corrected chi connectivity index (χ3v) is 5.34. The van der Waals surface area contributed by atoms with Crippen LogP contribution >= 0.6 is 27.5 Å². The van der Waals surface area contributed by atoms with Gasteiger partial charge in [0.05, 0.1) is 19.7 Å². The summed E-state index contributed by atoms with van der Waals surface area (Å²) in [5.74, 6) is -0.637. The number of ether oxygens (including phenoxy) is 1. The Morgan fingerprint density at radius 3 is 2.40 bits per heavy atom. The number of carbonyl (C=O) groups excluding carboxylic acids is 2. The molecule has 7 heteroatoms. The first-order chi connectivity index (χ1) is 14.5. The maximum absolute atomic E-state index is 12.7. The van der Waals surface area contributed by atoms with Crippen LogP contribution in [0, 0.1) is 0 Å². The Labute approximate surface area is 188 Å². The summed E-state index contributed by atoms with van der Waals surface area (Å²) in [5.41, 5.74) is 2.68. The molecule has 3 aromatic rings. The number of amides is 1. The zero-order chi connectivity index (χ0) is 21.5. The number of hydrogen-bond donors (Lipinski definition) is 2. The van der Waals surface area contributed by atoms with E-state index < -0.39 is 12.0 Å². The van der Waals surface area contributed by atoms with Gasteiger partial charge >= 0.3 is 5.97 Å². The summed E-state index contributed by atoms with van der Waals surface area (Å²) in [6.07, 6.45) is 0. The predicted molar refractivity (Wildman–Crippen MR) is 122 cm³/mol. The van der Waals surface area contributed by atoms with Crippen molar-refractivity contribution in [1.82, 2.24) is 5.32 Å². The number of esters is 1. The highest BCUT2D eigenvalue weighted by Gasteiger charge is 2.22. The van der Waals surface area contributed by atoms with Gasteiger partial charge in [0, 0.05) is 20.7 Å². The summed E-state index contributed by atoms with van der Waals surface area (Å²) >= 11 is 9.95. The Morgan fingerprint density at radius 1 is 1.00 bits per heavy atom. The van der Waals surface area contributed by atoms with Gasteiger partial charge in [-0.25, -0.2) is 0 Å². The van der Waals surface area contributed by atoms with E-state index in [2.05, 4.69) is 26.6 Å². The number of hydrogen-bond acceptors (Lipinski definition) is 4. The minimum absolute atomic E-state index is 0.0228. The van der Waals surface area contributed by atoms with Crippen LogP contribution in [0.5, 0.6) is 0 Å². The van der Waals surface area contributed by atoms with Crippen LogP contribution in [-0.4, -0.2) is 25.5 Å². The van der Waals surface area contributed by atoms with Gasteiger partial charge in [-0.2, -0.15) is 0 Å². The monoisotopic (exact) mass is 486 g/mol. The SMILES string of the molecule is COC(=O)CN[C@H](c1ccccc1Cl)c1cc(Br)ccc1NC(=O)c1ccccc1. The number of nitrogens with one attached hydrogen (secondary N) is 2. The van der Waals surface area contributed by atoms with E-state index in [1.165, 1.54) is 7.11 Å². The quantitative estimate of drug-likeness (QED) is 0.449. The number of carbonyl (C=O) groups is 2. The summed E-state index contributed by atoms with van der Waals surface area (Å²) < 4.78 is 5.59. The van der Waals surface area contributed by atoms with Gasteiger partial charge in [-0.1, -0.05) is 63.9 Å². The average Bonchev–Trinajstić information content (AvgIpc) is 2.77. The van der Waals surface area contributed by atoms with Crippen molar-refractivity contribution in [3.63, 3.8) is 0 Å². The Balaban J connectivity index is 2.01. The van der Waals surface area contributed by atoms with Crippen molar-refractivity contribution in [3.05, 3.63) is 99.0 Å². The van der Waals surface area contributed by atoms with Crippen LogP contribution < -0.4 is 10.6 Å². The molecule has 0 saturated carbocycles. The fraction of sp³-hybridized carbons (Fsp3) is 0.130. The lowest BCUT2D eigenvalue weighted by Gasteiger charge is -2.23. The molecular weight excluding hydrogens is 468 g/mol. The van der Waals surface area contributed by atoms with Crippen LogP contribution in [0.4, 0.5) is 5.69 Å². The maximum atomic E-state index is 12.7. The molecule has 2 N–H and O–H groups in total. The van der Waals surface area contributed by atoms with Crippen molar-refractivity contribution in [2.24, 2.45) is 0 Å². The largest absolute Gasteiger partial charge is 0.468 e. The van der Waals surface area contributed by atoms with Gasteiger partial charge in [0.15, 0.2) is 0 Å². The predicted octanol–water partition coefficient (Wildman–Crippen LogP) is 5.21. The standard InChI is InChI=1S/C23H20BrClN2O3/c1-30-21(28)14-26-22(17-9-5-6-10-19(17)25)18-13-16(24)11-12-20(18)27-23(29)15-7-3-2-4-8-15/h2-13,22,26H,14H2,1H3,(H,27,29)/t22-/m1/s1. The smallest absolute Gasteiger partial charge is 0.319 e. The Bertz CT molecular complexity index is 1040. The van der Waals surface area contributed by atoms with E-state index in [1.54, 1.807) is 18.2 Å². The molecule has 0 aliphatic rings. The number of anilines is 1. The van der Waals surface area contributed by atoms with Crippen molar-refractivity contribution in [3.8, 4) is 0 Å². The first-order valence-electron chi connectivity index (χ1n) is 9.20. The lowest BCUT2D eigenvalue weighted by atomic mass is 9.96. The van der Waals surface area contributed by atoms with Crippen molar-refractivity contribution >= 4 is 45.1 Å². The van der Waals surface area contributed by atoms with E-state index in [0.717, 1.165) is 15.6 Å². The van der Waals surface area contributed by atoms with Gasteiger partial charge < -0.3 is 10.1 Å². The van der Waals surface area contributed by atoms with Gasteiger partial charge in [0.2, 0.25) is 0 Å². The summed E-state index contributed by atoms with van der Waals surface area (Å²) in [6.45, 7) is -0.0228. The molecule has 0 unspecified atom stereocenters. The van der Waals surface area contributed by atoms with Crippen LogP contribution in [-0.2, 0) is 9.53 Å². The Kier molecular flexibility index (Phi) is 7.63. The fourth-order valence-electron chi connectivity index (χ4n) is 3.02. The summed E-state index contributed by atoms with van der Waals surface area (Å²) in [7, 11) is 1.33. The van der Waals surface area contributed by atoms with Crippen molar-refractivity contribution in [2.75, 3.05) is 19.0 Å². The van der Waals surface area contributed by atoms with E-state index in [-0.39, 0.29) is 12.5 Å². The minimum atomic E-state index is -0.457. The fourth-order valence-corrected chi connectivity index (χ4v) is 3.65. The molecule has 30 heavy (non-hydrogen) atoms. The molecule has 0 aliphatic heterocycles. The van der Waals surface area contributed by atoms with E-state index in [1.807, 2.05) is 54.6 Å². The summed E-state index contributed by atoms with van der Waals surface area (Å²) in [4.78, 5) is 24.5. The van der Waals surface area contributed by atoms with E-state index in [4.69, 9.17) is 16.3 Å². The molecule has 0 spiro atoms. The second-order valence-electron chi connectivity index (χ2n) is 6.46. The van der Waals surface area contributed by atoms with Crippen LogP contribution in [0.2, 0.25) is 5.02 Å². The van der Waals surface area contributed by atoms with Gasteiger partial charge in [0.1, 0.15) is 0 Å². The molecule has 0 radical (unpaired) electrons. The molecule has 3 rings (SSSR count). The van der Waals surface area contributed by atoms with Crippen LogP contribution in [0.3, 0.4) is 0 Å². The third-order valence-electron chi connectivity index (χ3n) is 4.50. The number of rotatable bonds is 7. The first-order valence-corrected chi connectivity index (χ1v) is 10.4. The number of halogens is 2. The van der Waals surface area contributed by atoms with E-state index >= 15 is 0 Å². The molecule has 0 bridgehead atoms. The molecule has 0 fully saturated rings. The summed E-state index contributed by atoms with van der Waals surface area (Å²) in [6, 6.07) is 21.4. The molecule has 3 aromatic carbocycles. The molecule has 0 saturated heterocycles. The second-order valence-corrected chi connectivity index (χ2v) is 7.79. The molecule has 1 atom stereocenters. The zero-order valence-electron chi connectivity index (χ0n) is 16.2. The highest BCUT2D eigenvalue weighted by atomic mass is 79.9. The Hall–Kier alpha value is -2.67. The van der Waals surface area contributed by atoms with Gasteiger partial charge in [-0.05, 0) is 47.5 Å². The summed E-state index contributed by atoms with van der Waals surface area (Å²) in [5, 5.41) is 6.70. The second kappa shape index (κ2) is 10.4. The van der Waals surface area contributed by atoms with E-state index in [9.17, 15) is 9.59 Å². The zero-order valence-corrected chi connectivity index (χ0v) is 18.5. The van der Waals surface area contributed by atoms with Crippen molar-refractivity contribution in [2.45, 2.75) is 6.04 Å². The maximum Gasteiger partial charge on any atom is 0.319 e. The molecule has 0 aliphatic carbocycles. The highest BCUT2D eigenvalue weighted by Crippen LogP contribution is 2.34. The Morgan fingerprint density at radius 2 is 1.70 bits per heavy atom. The lowest BCUT2D eigenvalue weighted by Crippen LogP contribution is -2.30. The molecule has 1 amide bonds. The normalized spacial score (nSPS) is 11.6. The van der Waals surface area contributed by atoms with Crippen LogP contribution in [0.1, 0.15) is 27.5 Å². The molecule has 0 heterocycles. The molecule has 5 nitrogen and oxygen atoms in total. The number of methoxy groups -OCH3 is 1. The van der Waals surface area contributed by atoms with E-state index in [0.29, 0.717) is 16.3 Å². The van der Waals surface area contributed by atoms with Gasteiger partial charge in [0.25, 0.3) is 5.91 Å². The van der Waals surface area contributed by atoms with Crippen molar-refractivity contribution < 1.29 is 14.3 Å². The first kappa shape index (κ1) is 22.0. The number of benzene rings is 3. The lowest BCUT2D eigenvalue weighted by molar-refractivity contribution is -0.139. The molecular formula is C23H20BrClN2O3.